The fourth-order valence-electron chi connectivity index (χ4n) is 2.02. The van der Waals surface area contributed by atoms with Crippen LogP contribution in [0.15, 0.2) is 12.2 Å². The van der Waals surface area contributed by atoms with Gasteiger partial charge in [-0.05, 0) is 38.5 Å². The Hall–Kier alpha value is -0.260. The summed E-state index contributed by atoms with van der Waals surface area (Å²) in [6, 6.07) is 0. The second-order valence-electron chi connectivity index (χ2n) is 4.39. The molecule has 0 atom stereocenters. The first-order valence-corrected chi connectivity index (χ1v) is 6.47. The lowest BCUT2D eigenvalue weighted by Gasteiger charge is -2.02. The van der Waals surface area contributed by atoms with E-state index in [-0.39, 0.29) is 0 Å². The van der Waals surface area contributed by atoms with Gasteiger partial charge in [0.2, 0.25) is 0 Å². The monoisotopic (exact) mass is 193 g/mol. The Morgan fingerprint density at radius 2 is 0.929 bits per heavy atom. The Morgan fingerprint density at radius 1 is 0.429 bits per heavy atom. The summed E-state index contributed by atoms with van der Waals surface area (Å²) in [6.07, 6.45) is 22.5. The summed E-state index contributed by atoms with van der Waals surface area (Å²) >= 11 is 0. The maximum atomic E-state index is 2.49. The molecule has 1 aliphatic rings. The smallest absolute Gasteiger partial charge is 0.0351 e. The van der Waals surface area contributed by atoms with E-state index in [0.29, 0.717) is 0 Å². The molecule has 14 heavy (non-hydrogen) atoms. The van der Waals surface area contributed by atoms with Crippen molar-refractivity contribution in [3.05, 3.63) is 18.6 Å². The van der Waals surface area contributed by atoms with Crippen molar-refractivity contribution in [2.24, 2.45) is 0 Å². The highest BCUT2D eigenvalue weighted by atomic mass is 14.0. The summed E-state index contributed by atoms with van der Waals surface area (Å²) in [5, 5.41) is 0. The zero-order valence-electron chi connectivity index (χ0n) is 9.51. The molecule has 0 nitrogen and oxygen atoms in total. The van der Waals surface area contributed by atoms with Crippen LogP contribution in [0.1, 0.15) is 70.6 Å². The maximum Gasteiger partial charge on any atom is -0.0351 e. The van der Waals surface area contributed by atoms with Gasteiger partial charge in [-0.1, -0.05) is 50.7 Å². The molecule has 0 amide bonds. The highest BCUT2D eigenvalue weighted by Gasteiger charge is 1.93. The average molecular weight is 193 g/mol. The normalized spacial score (nSPS) is 25.1. The maximum absolute atomic E-state index is 2.49. The van der Waals surface area contributed by atoms with Gasteiger partial charge in [0, 0.05) is 0 Å². The number of allylic oxidation sites excluding steroid dienone is 2. The summed E-state index contributed by atoms with van der Waals surface area (Å²) in [6.45, 7) is 0. The van der Waals surface area contributed by atoms with Crippen molar-refractivity contribution < 1.29 is 0 Å². The zero-order chi connectivity index (χ0) is 9.90. The van der Waals surface area contributed by atoms with Crippen LogP contribution in [0.2, 0.25) is 0 Å². The third-order valence-electron chi connectivity index (χ3n) is 2.97. The van der Waals surface area contributed by atoms with Gasteiger partial charge in [-0.3, -0.25) is 0 Å². The van der Waals surface area contributed by atoms with Gasteiger partial charge in [-0.15, -0.1) is 0 Å². The molecule has 0 aliphatic heterocycles. The van der Waals surface area contributed by atoms with Crippen molar-refractivity contribution in [1.82, 2.24) is 0 Å². The third kappa shape index (κ3) is 7.17. The molecule has 0 saturated carbocycles. The Labute approximate surface area is 89.8 Å². The Kier molecular flexibility index (Phi) is 7.85. The van der Waals surface area contributed by atoms with Crippen LogP contribution in [0.5, 0.6) is 0 Å². The predicted octanol–water partition coefficient (Wildman–Crippen LogP) is 5.05. The highest BCUT2D eigenvalue weighted by molar-refractivity contribution is 4.82. The minimum Gasteiger partial charge on any atom is -0.0885 e. The van der Waals surface area contributed by atoms with E-state index in [9.17, 15) is 0 Å². The molecule has 81 valence electrons. The average Bonchev–Trinajstić information content (AvgIpc) is 2.22. The van der Waals surface area contributed by atoms with Crippen molar-refractivity contribution in [1.29, 1.82) is 0 Å². The van der Waals surface area contributed by atoms with Gasteiger partial charge in [-0.2, -0.15) is 0 Å². The summed E-state index contributed by atoms with van der Waals surface area (Å²) < 4.78 is 0. The first-order chi connectivity index (χ1) is 7.00. The van der Waals surface area contributed by atoms with Crippen LogP contribution in [0, 0.1) is 6.42 Å². The number of hydrogen-bond donors (Lipinski definition) is 0. The lowest BCUT2D eigenvalue weighted by molar-refractivity contribution is 0.587. The fraction of sp³-hybridized carbons (Fsp3) is 0.786. The third-order valence-corrected chi connectivity index (χ3v) is 2.97. The van der Waals surface area contributed by atoms with E-state index in [1.165, 1.54) is 70.6 Å². The molecule has 0 aromatic carbocycles. The van der Waals surface area contributed by atoms with Crippen LogP contribution in [-0.4, -0.2) is 0 Å². The molecule has 0 unspecified atom stereocenters. The van der Waals surface area contributed by atoms with E-state index in [1.54, 1.807) is 0 Å². The molecule has 0 bridgehead atoms. The molecule has 1 radical (unpaired) electrons. The molecule has 0 saturated heterocycles. The largest absolute Gasteiger partial charge is 0.0885 e. The number of rotatable bonds is 0. The standard InChI is InChI=1S/C14H25/c1-2-4-6-8-10-12-14-13-11-9-7-5-3-1/h1-2,9H,3-8,10-14H2/b2-1+. The van der Waals surface area contributed by atoms with Crippen molar-refractivity contribution in [3.8, 4) is 0 Å². The van der Waals surface area contributed by atoms with Crippen molar-refractivity contribution in [2.75, 3.05) is 0 Å². The minimum atomic E-state index is 1.29. The second-order valence-corrected chi connectivity index (χ2v) is 4.39. The number of hydrogen-bond acceptors (Lipinski definition) is 0. The van der Waals surface area contributed by atoms with Crippen LogP contribution in [-0.2, 0) is 0 Å². The van der Waals surface area contributed by atoms with E-state index in [0.717, 1.165) is 0 Å². The molecular weight excluding hydrogens is 168 g/mol. The van der Waals surface area contributed by atoms with Crippen LogP contribution < -0.4 is 0 Å². The minimum absolute atomic E-state index is 1.29. The van der Waals surface area contributed by atoms with Gasteiger partial charge in [0.05, 0.1) is 0 Å². The van der Waals surface area contributed by atoms with Crippen molar-refractivity contribution in [3.63, 3.8) is 0 Å². The topological polar surface area (TPSA) is 0 Å². The summed E-state index contributed by atoms with van der Waals surface area (Å²) in [7, 11) is 0. The molecule has 0 fully saturated rings. The summed E-state index contributed by atoms with van der Waals surface area (Å²) in [4.78, 5) is 0. The van der Waals surface area contributed by atoms with Gasteiger partial charge in [0.25, 0.3) is 0 Å². The van der Waals surface area contributed by atoms with E-state index in [4.69, 9.17) is 0 Å². The second kappa shape index (κ2) is 9.30. The lowest BCUT2D eigenvalue weighted by Crippen LogP contribution is -1.83. The van der Waals surface area contributed by atoms with Crippen LogP contribution in [0.25, 0.3) is 0 Å². The van der Waals surface area contributed by atoms with Gasteiger partial charge in [-0.25, -0.2) is 0 Å². The molecule has 0 heterocycles. The van der Waals surface area contributed by atoms with E-state index in [2.05, 4.69) is 18.6 Å². The predicted molar refractivity (Wildman–Crippen MR) is 64.2 cm³/mol. The molecular formula is C14H25. The van der Waals surface area contributed by atoms with E-state index < -0.39 is 0 Å². The molecule has 0 N–H and O–H groups in total. The molecule has 1 rings (SSSR count). The van der Waals surface area contributed by atoms with E-state index >= 15 is 0 Å². The Balaban J connectivity index is 2.09. The Morgan fingerprint density at radius 3 is 1.71 bits per heavy atom. The quantitative estimate of drug-likeness (QED) is 0.472. The summed E-state index contributed by atoms with van der Waals surface area (Å²) in [5.41, 5.74) is 0. The molecule has 0 spiro atoms. The van der Waals surface area contributed by atoms with E-state index in [1.807, 2.05) is 0 Å². The Bertz CT molecular complexity index is 119. The molecule has 0 heteroatoms. The first kappa shape index (κ1) is 11.8. The fourth-order valence-corrected chi connectivity index (χ4v) is 2.02. The van der Waals surface area contributed by atoms with Crippen LogP contribution >= 0.6 is 0 Å². The van der Waals surface area contributed by atoms with Crippen molar-refractivity contribution >= 4 is 0 Å². The zero-order valence-corrected chi connectivity index (χ0v) is 9.51. The van der Waals surface area contributed by atoms with Crippen molar-refractivity contribution in [2.45, 2.75) is 70.6 Å². The first-order valence-electron chi connectivity index (χ1n) is 6.47. The van der Waals surface area contributed by atoms with Crippen LogP contribution in [0.3, 0.4) is 0 Å². The highest BCUT2D eigenvalue weighted by Crippen LogP contribution is 2.12. The van der Waals surface area contributed by atoms with Gasteiger partial charge in [0.1, 0.15) is 0 Å². The van der Waals surface area contributed by atoms with Gasteiger partial charge < -0.3 is 0 Å². The molecule has 0 aromatic heterocycles. The molecule has 0 aromatic rings. The summed E-state index contributed by atoms with van der Waals surface area (Å²) in [5.74, 6) is 0. The molecule has 1 aliphatic carbocycles. The van der Waals surface area contributed by atoms with Gasteiger partial charge in [0.15, 0.2) is 0 Å². The van der Waals surface area contributed by atoms with Crippen LogP contribution in [0.4, 0.5) is 0 Å². The lowest BCUT2D eigenvalue weighted by atomic mass is 10.0. The SMILES string of the molecule is [CH]1CCC/C=C/CCCCCCCC1. The van der Waals surface area contributed by atoms with Gasteiger partial charge >= 0.3 is 0 Å².